The Hall–Kier alpha value is -4.71. The number of sulfone groups is 1. The zero-order chi connectivity index (χ0) is 24.6. The van der Waals surface area contributed by atoms with Gasteiger partial charge in [0.1, 0.15) is 0 Å². The summed E-state index contributed by atoms with van der Waals surface area (Å²) in [6, 6.07) is 10.0. The minimum absolute atomic E-state index is 0.0391. The Bertz CT molecular complexity index is 1570. The van der Waals surface area contributed by atoms with Gasteiger partial charge in [0.15, 0.2) is 5.82 Å². The van der Waals surface area contributed by atoms with Crippen molar-refractivity contribution in [3.8, 4) is 11.4 Å². The van der Waals surface area contributed by atoms with Crippen molar-refractivity contribution in [1.29, 1.82) is 0 Å². The van der Waals surface area contributed by atoms with Gasteiger partial charge in [0.2, 0.25) is 15.8 Å². The average molecular weight is 488 g/mol. The van der Waals surface area contributed by atoms with Crippen molar-refractivity contribution in [2.24, 2.45) is 0 Å². The molecule has 4 N–H and O–H groups in total. The summed E-state index contributed by atoms with van der Waals surface area (Å²) in [4.78, 5) is 41.4. The van der Waals surface area contributed by atoms with E-state index in [2.05, 4.69) is 30.6 Å². The van der Waals surface area contributed by atoms with E-state index in [1.165, 1.54) is 42.7 Å². The van der Waals surface area contributed by atoms with Crippen LogP contribution < -0.4 is 16.4 Å². The molecule has 0 aliphatic carbocycles. The molecule has 0 radical (unpaired) electrons. The Morgan fingerprint density at radius 3 is 2.40 bits per heavy atom. The molecule has 0 spiro atoms. The first-order valence-electron chi connectivity index (χ1n) is 10.3. The summed E-state index contributed by atoms with van der Waals surface area (Å²) in [5, 5.41) is 5.32. The third-order valence-electron chi connectivity index (χ3n) is 5.29. The molecule has 35 heavy (non-hydrogen) atoms. The molecule has 0 saturated carbocycles. The van der Waals surface area contributed by atoms with Gasteiger partial charge in [0.05, 0.1) is 26.6 Å². The van der Waals surface area contributed by atoms with Gasteiger partial charge in [-0.3, -0.25) is 9.59 Å². The number of rotatable bonds is 4. The maximum Gasteiger partial charge on any atom is 0.257 e. The zero-order valence-electron chi connectivity index (χ0n) is 18.0. The van der Waals surface area contributed by atoms with Gasteiger partial charge >= 0.3 is 0 Å². The Morgan fingerprint density at radius 1 is 0.943 bits per heavy atom. The molecule has 0 unspecified atom stereocenters. The number of nitrogen functional groups attached to an aromatic ring is 1. The second kappa shape index (κ2) is 8.57. The maximum atomic E-state index is 13.1. The van der Waals surface area contributed by atoms with Crippen LogP contribution in [0.5, 0.6) is 0 Å². The molecule has 2 amide bonds. The summed E-state index contributed by atoms with van der Waals surface area (Å²) in [7, 11) is -3.95. The van der Waals surface area contributed by atoms with Gasteiger partial charge in [-0.1, -0.05) is 12.1 Å². The van der Waals surface area contributed by atoms with Crippen molar-refractivity contribution in [3.05, 3.63) is 83.9 Å². The fraction of sp³-hybridized carbons (Fsp3) is 0.0435. The van der Waals surface area contributed by atoms with Crippen LogP contribution in [0, 0.1) is 0 Å². The van der Waals surface area contributed by atoms with Crippen molar-refractivity contribution in [3.63, 3.8) is 0 Å². The van der Waals surface area contributed by atoms with Gasteiger partial charge in [-0.05, 0) is 30.3 Å². The number of carbonyl (C=O) groups excluding carboxylic acids is 2. The Morgan fingerprint density at radius 2 is 1.66 bits per heavy atom. The number of carbonyl (C=O) groups is 2. The smallest absolute Gasteiger partial charge is 0.257 e. The van der Waals surface area contributed by atoms with Crippen molar-refractivity contribution in [1.82, 2.24) is 25.3 Å². The fourth-order valence-electron chi connectivity index (χ4n) is 3.53. The molecular weight excluding hydrogens is 470 g/mol. The molecule has 4 aromatic rings. The Kier molecular flexibility index (Phi) is 5.41. The predicted octanol–water partition coefficient (Wildman–Crippen LogP) is 1.84. The molecule has 3 heterocycles. The molecule has 0 saturated heterocycles. The van der Waals surface area contributed by atoms with Gasteiger partial charge < -0.3 is 16.4 Å². The van der Waals surface area contributed by atoms with E-state index in [4.69, 9.17) is 5.73 Å². The van der Waals surface area contributed by atoms with Crippen LogP contribution >= 0.6 is 0 Å². The number of amides is 2. The molecule has 2 aromatic heterocycles. The van der Waals surface area contributed by atoms with Crippen LogP contribution in [-0.4, -0.2) is 40.2 Å². The molecule has 1 aliphatic heterocycles. The summed E-state index contributed by atoms with van der Waals surface area (Å²) in [6.07, 6.45) is 6.13. The predicted molar refractivity (Wildman–Crippen MR) is 125 cm³/mol. The van der Waals surface area contributed by atoms with Crippen LogP contribution in [0.4, 0.5) is 11.6 Å². The highest BCUT2D eigenvalue weighted by Crippen LogP contribution is 2.34. The quantitative estimate of drug-likeness (QED) is 0.389. The number of nitrogens with two attached hydrogens (primary N) is 1. The lowest BCUT2D eigenvalue weighted by molar-refractivity contribution is 0.0949. The molecule has 2 aromatic carbocycles. The van der Waals surface area contributed by atoms with Gasteiger partial charge in [-0.2, -0.15) is 0 Å². The standard InChI is InChI=1S/C23H17N7O4S/c24-23-28-11-15(12-29-23)20-25-8-13(9-26-20)10-27-21(31)14-5-6-19-17(7-14)30-22(32)16-3-1-2-4-18(16)35(19,33)34/h1-9,11-12H,10H2,(H,27,31)(H,30,32)(H2,24,28,29). The number of fused-ring (bicyclic) bond motifs is 2. The minimum atomic E-state index is -3.95. The number of nitrogens with one attached hydrogen (secondary N) is 2. The Labute approximate surface area is 199 Å². The molecule has 0 bridgehead atoms. The first-order valence-corrected chi connectivity index (χ1v) is 11.8. The zero-order valence-corrected chi connectivity index (χ0v) is 18.8. The van der Waals surface area contributed by atoms with E-state index >= 15 is 0 Å². The number of nitrogens with zero attached hydrogens (tertiary/aromatic N) is 4. The molecule has 0 fully saturated rings. The molecule has 174 valence electrons. The first-order chi connectivity index (χ1) is 16.8. The SMILES string of the molecule is Nc1ncc(-c2ncc(CNC(=O)c3ccc4c(c3)NC(=O)c3ccccc3S4(=O)=O)cn2)cn1. The van der Waals surface area contributed by atoms with Crippen LogP contribution in [0.15, 0.2) is 77.0 Å². The van der Waals surface area contributed by atoms with Crippen LogP contribution in [0.2, 0.25) is 0 Å². The van der Waals surface area contributed by atoms with E-state index in [-0.39, 0.29) is 39.1 Å². The monoisotopic (exact) mass is 487 g/mol. The highest BCUT2D eigenvalue weighted by Gasteiger charge is 2.31. The van der Waals surface area contributed by atoms with Gasteiger partial charge in [0, 0.05) is 42.5 Å². The topological polar surface area (TPSA) is 170 Å². The van der Waals surface area contributed by atoms with Crippen LogP contribution in [0.3, 0.4) is 0 Å². The second-order valence-corrected chi connectivity index (χ2v) is 9.48. The molecular formula is C23H17N7O4S. The highest BCUT2D eigenvalue weighted by molar-refractivity contribution is 7.91. The van der Waals surface area contributed by atoms with E-state index in [0.717, 1.165) is 0 Å². The lowest BCUT2D eigenvalue weighted by Crippen LogP contribution is -2.23. The van der Waals surface area contributed by atoms with Crippen molar-refractivity contribution >= 4 is 33.3 Å². The van der Waals surface area contributed by atoms with Crippen molar-refractivity contribution < 1.29 is 18.0 Å². The fourth-order valence-corrected chi connectivity index (χ4v) is 5.12. The van der Waals surface area contributed by atoms with Gasteiger partial charge in [0.25, 0.3) is 11.8 Å². The lowest BCUT2D eigenvalue weighted by Gasteiger charge is -2.10. The largest absolute Gasteiger partial charge is 0.368 e. The highest BCUT2D eigenvalue weighted by atomic mass is 32.2. The number of hydrogen-bond donors (Lipinski definition) is 3. The summed E-state index contributed by atoms with van der Waals surface area (Å²) in [5.41, 5.74) is 6.98. The number of anilines is 2. The van der Waals surface area contributed by atoms with Crippen LogP contribution in [0.1, 0.15) is 26.3 Å². The summed E-state index contributed by atoms with van der Waals surface area (Å²) in [5.74, 6) is -0.474. The van der Waals surface area contributed by atoms with E-state index in [1.807, 2.05) is 0 Å². The van der Waals surface area contributed by atoms with Crippen molar-refractivity contribution in [2.75, 3.05) is 11.1 Å². The third-order valence-corrected chi connectivity index (χ3v) is 7.16. The molecule has 11 nitrogen and oxygen atoms in total. The van der Waals surface area contributed by atoms with E-state index < -0.39 is 21.7 Å². The van der Waals surface area contributed by atoms with E-state index in [9.17, 15) is 18.0 Å². The van der Waals surface area contributed by atoms with Gasteiger partial charge in [-0.25, -0.2) is 28.4 Å². The number of aromatic nitrogens is 4. The van der Waals surface area contributed by atoms with E-state index in [1.54, 1.807) is 24.5 Å². The minimum Gasteiger partial charge on any atom is -0.368 e. The normalized spacial score (nSPS) is 13.7. The van der Waals surface area contributed by atoms with Crippen molar-refractivity contribution in [2.45, 2.75) is 16.3 Å². The molecule has 1 aliphatic rings. The Balaban J connectivity index is 1.33. The maximum absolute atomic E-state index is 13.1. The van der Waals surface area contributed by atoms with Gasteiger partial charge in [-0.15, -0.1) is 0 Å². The number of hydrogen-bond acceptors (Lipinski definition) is 9. The summed E-state index contributed by atoms with van der Waals surface area (Å²) < 4.78 is 26.2. The average Bonchev–Trinajstić information content (AvgIpc) is 2.95. The van der Waals surface area contributed by atoms with E-state index in [0.29, 0.717) is 17.0 Å². The van der Waals surface area contributed by atoms with Crippen LogP contribution in [-0.2, 0) is 16.4 Å². The molecule has 0 atom stereocenters. The summed E-state index contributed by atoms with van der Waals surface area (Å²) >= 11 is 0. The molecule has 5 rings (SSSR count). The second-order valence-electron chi connectivity index (χ2n) is 7.59. The number of benzene rings is 2. The summed E-state index contributed by atoms with van der Waals surface area (Å²) in [6.45, 7) is 0.129. The molecule has 12 heteroatoms. The lowest BCUT2D eigenvalue weighted by atomic mass is 10.1. The first kappa shape index (κ1) is 22.1. The third kappa shape index (κ3) is 4.17. The van der Waals surface area contributed by atoms with Crippen LogP contribution in [0.25, 0.3) is 11.4 Å².